The lowest BCUT2D eigenvalue weighted by Gasteiger charge is -2.59. The van der Waals surface area contributed by atoms with E-state index in [9.17, 15) is 18.4 Å². The number of carbonyl (C=O) groups is 2. The Morgan fingerprint density at radius 1 is 1.09 bits per heavy atom. The highest BCUT2D eigenvalue weighted by Gasteiger charge is 2.59. The predicted molar refractivity (Wildman–Crippen MR) is 131 cm³/mol. The fraction of sp³-hybridized carbons (Fsp3) is 0.667. The highest BCUT2D eigenvalue weighted by molar-refractivity contribution is 7.80. The van der Waals surface area contributed by atoms with Gasteiger partial charge in [0.25, 0.3) is 0 Å². The van der Waals surface area contributed by atoms with Crippen LogP contribution in [0.5, 0.6) is 0 Å². The van der Waals surface area contributed by atoms with Crippen LogP contribution in [0.1, 0.15) is 64.2 Å². The van der Waals surface area contributed by atoms with Crippen LogP contribution in [0.4, 0.5) is 5.69 Å². The summed E-state index contributed by atoms with van der Waals surface area (Å²) in [6.07, 6.45) is 7.44. The molecular formula is C24H30Cl2N3O4S-. The molecule has 5 aliphatic rings. The van der Waals surface area contributed by atoms with Gasteiger partial charge < -0.3 is 15.6 Å². The van der Waals surface area contributed by atoms with Gasteiger partial charge in [0, 0.05) is 22.7 Å². The first kappa shape index (κ1) is 24.3. The number of nitrogens with two attached hydrogens (primary N) is 1. The van der Waals surface area contributed by atoms with Crippen molar-refractivity contribution in [3.05, 3.63) is 28.2 Å². The molecule has 2 amide bonds. The summed E-state index contributed by atoms with van der Waals surface area (Å²) in [5, 5.41) is 3.64. The normalized spacial score (nSPS) is 34.4. The summed E-state index contributed by atoms with van der Waals surface area (Å²) < 4.78 is 26.4. The third kappa shape index (κ3) is 3.85. The maximum absolute atomic E-state index is 14.0. The molecule has 3 atom stereocenters. The van der Waals surface area contributed by atoms with E-state index in [1.165, 1.54) is 0 Å². The topological polar surface area (TPSA) is 116 Å². The maximum Gasteiger partial charge on any atom is 0.247 e. The summed E-state index contributed by atoms with van der Waals surface area (Å²) in [5.74, 6) is 0.341. The fourth-order valence-electron chi connectivity index (χ4n) is 7.61. The number of amides is 2. The second kappa shape index (κ2) is 8.95. The van der Waals surface area contributed by atoms with E-state index in [-0.39, 0.29) is 45.4 Å². The van der Waals surface area contributed by atoms with E-state index in [4.69, 9.17) is 28.9 Å². The fourth-order valence-corrected chi connectivity index (χ4v) is 8.90. The van der Waals surface area contributed by atoms with E-state index in [1.54, 1.807) is 18.2 Å². The summed E-state index contributed by atoms with van der Waals surface area (Å²) in [6.45, 7) is 0. The molecule has 0 saturated heterocycles. The molecule has 6 rings (SSSR count). The average molecular weight is 527 g/mol. The maximum atomic E-state index is 14.0. The van der Waals surface area contributed by atoms with Gasteiger partial charge in [-0.1, -0.05) is 48.5 Å². The Bertz CT molecular complexity index is 1020. The molecule has 3 N–H and O–H groups in total. The Morgan fingerprint density at radius 2 is 1.74 bits per heavy atom. The van der Waals surface area contributed by atoms with Crippen molar-refractivity contribution in [1.29, 1.82) is 0 Å². The number of hydrogen-bond acceptors (Lipinski definition) is 4. The predicted octanol–water partition coefficient (Wildman–Crippen LogP) is 4.09. The van der Waals surface area contributed by atoms with E-state index in [2.05, 4.69) is 5.32 Å². The SMILES string of the molecule is NC(=O)C12CC3CC(C1)C(NC(=O)C1(N(c4cccc(Cl)c4Cl)S(=O)[O-])CCCCC1)C(C3)C2. The molecule has 10 heteroatoms. The minimum absolute atomic E-state index is 0.0768. The van der Waals surface area contributed by atoms with Crippen molar-refractivity contribution in [2.45, 2.75) is 75.8 Å². The molecule has 0 aliphatic heterocycles. The second-order valence-corrected chi connectivity index (χ2v) is 12.4. The summed E-state index contributed by atoms with van der Waals surface area (Å²) in [6, 6.07) is 4.74. The van der Waals surface area contributed by atoms with Gasteiger partial charge in [0.2, 0.25) is 11.8 Å². The van der Waals surface area contributed by atoms with Crippen molar-refractivity contribution >= 4 is 52.0 Å². The molecule has 4 bridgehead atoms. The molecule has 186 valence electrons. The largest absolute Gasteiger partial charge is 0.755 e. The lowest BCUT2D eigenvalue weighted by Crippen LogP contribution is -2.67. The van der Waals surface area contributed by atoms with Crippen LogP contribution >= 0.6 is 23.2 Å². The molecule has 5 fully saturated rings. The number of benzene rings is 1. The van der Waals surface area contributed by atoms with Gasteiger partial charge in [-0.2, -0.15) is 0 Å². The Balaban J connectivity index is 1.47. The Morgan fingerprint density at radius 3 is 2.32 bits per heavy atom. The Labute approximate surface area is 212 Å². The second-order valence-electron chi connectivity index (χ2n) is 10.8. The first-order valence-corrected chi connectivity index (χ1v) is 13.9. The highest BCUT2D eigenvalue weighted by Crippen LogP contribution is 2.60. The molecule has 5 saturated carbocycles. The summed E-state index contributed by atoms with van der Waals surface area (Å²) >= 11 is 9.90. The third-order valence-corrected chi connectivity index (χ3v) is 10.5. The number of nitrogens with one attached hydrogen (secondary N) is 1. The van der Waals surface area contributed by atoms with E-state index in [0.717, 1.165) is 42.8 Å². The van der Waals surface area contributed by atoms with Crippen LogP contribution in [-0.4, -0.2) is 32.2 Å². The number of rotatable bonds is 6. The number of anilines is 1. The lowest BCUT2D eigenvalue weighted by atomic mass is 9.47. The van der Waals surface area contributed by atoms with Gasteiger partial charge in [-0.25, -0.2) is 0 Å². The highest BCUT2D eigenvalue weighted by atomic mass is 35.5. The molecule has 0 spiro atoms. The quantitative estimate of drug-likeness (QED) is 0.542. The smallest absolute Gasteiger partial charge is 0.247 e. The average Bonchev–Trinajstić information content (AvgIpc) is 2.79. The van der Waals surface area contributed by atoms with Crippen LogP contribution in [0.3, 0.4) is 0 Å². The van der Waals surface area contributed by atoms with Crippen LogP contribution in [0.2, 0.25) is 10.0 Å². The molecule has 3 unspecified atom stereocenters. The van der Waals surface area contributed by atoms with Crippen molar-refractivity contribution in [3.63, 3.8) is 0 Å². The van der Waals surface area contributed by atoms with Gasteiger partial charge in [0.05, 0.1) is 15.7 Å². The van der Waals surface area contributed by atoms with Crippen molar-refractivity contribution in [3.8, 4) is 0 Å². The molecule has 1 aromatic carbocycles. The molecule has 7 nitrogen and oxygen atoms in total. The van der Waals surface area contributed by atoms with Gasteiger partial charge >= 0.3 is 0 Å². The van der Waals surface area contributed by atoms with Crippen LogP contribution in [0, 0.1) is 23.2 Å². The van der Waals surface area contributed by atoms with Gasteiger partial charge in [-0.3, -0.25) is 18.1 Å². The van der Waals surface area contributed by atoms with Gasteiger partial charge in [-0.15, -0.1) is 0 Å². The lowest BCUT2D eigenvalue weighted by molar-refractivity contribution is -0.148. The van der Waals surface area contributed by atoms with Crippen LogP contribution in [0.25, 0.3) is 0 Å². The Hall–Kier alpha value is -1.35. The van der Waals surface area contributed by atoms with Crippen molar-refractivity contribution < 1.29 is 18.4 Å². The molecule has 0 radical (unpaired) electrons. The summed E-state index contributed by atoms with van der Waals surface area (Å²) in [7, 11) is 0. The van der Waals surface area contributed by atoms with Crippen molar-refractivity contribution in [2.75, 3.05) is 4.31 Å². The minimum Gasteiger partial charge on any atom is -0.755 e. The molecule has 5 aliphatic carbocycles. The molecule has 34 heavy (non-hydrogen) atoms. The number of carbonyl (C=O) groups excluding carboxylic acids is 2. The van der Waals surface area contributed by atoms with Crippen molar-refractivity contribution in [2.24, 2.45) is 28.9 Å². The molecule has 0 aromatic heterocycles. The third-order valence-electron chi connectivity index (χ3n) is 8.88. The summed E-state index contributed by atoms with van der Waals surface area (Å²) in [5.41, 5.74) is 4.32. The van der Waals surface area contributed by atoms with E-state index >= 15 is 0 Å². The van der Waals surface area contributed by atoms with Crippen LogP contribution in [-0.2, 0) is 20.9 Å². The zero-order valence-electron chi connectivity index (χ0n) is 18.9. The van der Waals surface area contributed by atoms with Crippen LogP contribution < -0.4 is 15.4 Å². The summed E-state index contributed by atoms with van der Waals surface area (Å²) in [4.78, 5) is 26.3. The first-order chi connectivity index (χ1) is 16.2. The molecule has 1 aromatic rings. The van der Waals surface area contributed by atoms with Gasteiger partial charge in [0.1, 0.15) is 5.54 Å². The molecular weight excluding hydrogens is 497 g/mol. The standard InChI is InChI=1S/C24H31Cl2N3O4S/c25-17-5-4-6-18(19(17)26)29(34(32)33)24(7-2-1-3-8-24)22(31)28-20-15-9-14-10-16(20)13-23(11-14,12-15)21(27)30/h4-6,14-16,20H,1-3,7-13H2,(H2,27,30)(H,28,31)(H,32,33)/p-1. The number of hydrogen-bond donors (Lipinski definition) is 2. The monoisotopic (exact) mass is 526 g/mol. The molecule has 0 heterocycles. The van der Waals surface area contributed by atoms with Crippen molar-refractivity contribution in [1.82, 2.24) is 5.32 Å². The van der Waals surface area contributed by atoms with E-state index < -0.39 is 22.2 Å². The zero-order chi connectivity index (χ0) is 24.3. The zero-order valence-corrected chi connectivity index (χ0v) is 21.3. The van der Waals surface area contributed by atoms with Crippen LogP contribution in [0.15, 0.2) is 18.2 Å². The number of nitrogens with zero attached hydrogens (tertiary/aromatic N) is 1. The van der Waals surface area contributed by atoms with Gasteiger partial charge in [-0.05, 0) is 74.8 Å². The Kier molecular flexibility index (Phi) is 6.41. The number of primary amides is 1. The van der Waals surface area contributed by atoms with E-state index in [1.807, 2.05) is 0 Å². The van der Waals surface area contributed by atoms with E-state index in [0.29, 0.717) is 31.6 Å². The first-order valence-electron chi connectivity index (χ1n) is 12.1. The van der Waals surface area contributed by atoms with Gasteiger partial charge in [0.15, 0.2) is 0 Å². The minimum atomic E-state index is -2.74. The number of halogens is 2.